The Labute approximate surface area is 148 Å². The van der Waals surface area contributed by atoms with Gasteiger partial charge in [-0.3, -0.25) is 0 Å². The second-order valence-corrected chi connectivity index (χ2v) is 7.01. The lowest BCUT2D eigenvalue weighted by Crippen LogP contribution is -2.23. The topological polar surface area (TPSA) is 71.7 Å². The van der Waals surface area contributed by atoms with Gasteiger partial charge in [-0.25, -0.2) is 9.50 Å². The predicted octanol–water partition coefficient (Wildman–Crippen LogP) is 2.96. The molecule has 0 bridgehead atoms. The number of fused-ring (bicyclic) bond motifs is 1. The van der Waals surface area contributed by atoms with Crippen molar-refractivity contribution >= 4 is 27.4 Å². The Morgan fingerprint density at radius 2 is 2.30 bits per heavy atom. The molecule has 0 amide bonds. The average molecular weight is 386 g/mol. The molecule has 1 atom stereocenters. The molecule has 0 unspecified atom stereocenters. The maximum absolute atomic E-state index is 9.74. The van der Waals surface area contributed by atoms with Gasteiger partial charge in [-0.1, -0.05) is 0 Å². The average Bonchev–Trinajstić information content (AvgIpc) is 2.90. The Balaban J connectivity index is 1.78. The molecule has 0 saturated heterocycles. The van der Waals surface area contributed by atoms with E-state index in [1.54, 1.807) is 6.20 Å². The molecule has 0 aromatic carbocycles. The fourth-order valence-corrected chi connectivity index (χ4v) is 3.60. The standard InChI is InChI=1S/C16H23BrN4O2/c1-10(9-23-2)19-16-18-8-15-13(17)7-14(21(15)20-16)11-3-5-12(22)6-4-11/h7-8,10-12,22H,3-6,9H2,1-2H3,(H,19,20)/t10-,11?,12?/m0/s1/i2D3. The van der Waals surface area contributed by atoms with Crippen LogP contribution < -0.4 is 5.32 Å². The van der Waals surface area contributed by atoms with Crippen molar-refractivity contribution in [3.8, 4) is 0 Å². The third-order valence-electron chi connectivity index (χ3n) is 4.32. The first-order valence-corrected chi connectivity index (χ1v) is 8.65. The van der Waals surface area contributed by atoms with Gasteiger partial charge in [-0.05, 0) is 54.6 Å². The highest BCUT2D eigenvalue weighted by molar-refractivity contribution is 9.10. The van der Waals surface area contributed by atoms with Gasteiger partial charge in [0.25, 0.3) is 0 Å². The third kappa shape index (κ3) is 3.67. The predicted molar refractivity (Wildman–Crippen MR) is 92.9 cm³/mol. The summed E-state index contributed by atoms with van der Waals surface area (Å²) in [7, 11) is -2.41. The largest absolute Gasteiger partial charge is 0.393 e. The van der Waals surface area contributed by atoms with Gasteiger partial charge < -0.3 is 15.2 Å². The van der Waals surface area contributed by atoms with Crippen molar-refractivity contribution in [3.63, 3.8) is 0 Å². The normalized spacial score (nSPS) is 25.6. The molecule has 2 heterocycles. The van der Waals surface area contributed by atoms with Gasteiger partial charge in [0.2, 0.25) is 5.95 Å². The molecule has 6 nitrogen and oxygen atoms in total. The summed E-state index contributed by atoms with van der Waals surface area (Å²) in [6.45, 7) is 1.84. The molecule has 0 radical (unpaired) electrons. The summed E-state index contributed by atoms with van der Waals surface area (Å²) in [5.41, 5.74) is 1.97. The van der Waals surface area contributed by atoms with Crippen molar-refractivity contribution < 1.29 is 14.0 Å². The van der Waals surface area contributed by atoms with E-state index in [2.05, 4.69) is 37.4 Å². The molecular formula is C16H23BrN4O2. The Kier molecular flexibility index (Phi) is 4.09. The van der Waals surface area contributed by atoms with E-state index in [0.717, 1.165) is 41.4 Å². The fourth-order valence-electron chi connectivity index (χ4n) is 3.09. The van der Waals surface area contributed by atoms with Gasteiger partial charge in [-0.2, -0.15) is 0 Å². The maximum Gasteiger partial charge on any atom is 0.241 e. The first kappa shape index (κ1) is 13.1. The zero-order valence-electron chi connectivity index (χ0n) is 16.0. The minimum absolute atomic E-state index is 0.0284. The van der Waals surface area contributed by atoms with Crippen LogP contribution in [0.1, 0.15) is 48.3 Å². The monoisotopic (exact) mass is 385 g/mol. The summed E-state index contributed by atoms with van der Waals surface area (Å²) < 4.78 is 28.9. The highest BCUT2D eigenvalue weighted by Gasteiger charge is 2.24. The quantitative estimate of drug-likeness (QED) is 0.827. The van der Waals surface area contributed by atoms with Gasteiger partial charge in [0.1, 0.15) is 0 Å². The second kappa shape index (κ2) is 7.15. The molecule has 2 N–H and O–H groups in total. The van der Waals surface area contributed by atoms with Crippen LogP contribution in [0.2, 0.25) is 0 Å². The van der Waals surface area contributed by atoms with E-state index in [0.29, 0.717) is 11.9 Å². The number of ether oxygens (including phenoxy) is 1. The molecule has 7 heteroatoms. The Morgan fingerprint density at radius 1 is 1.52 bits per heavy atom. The van der Waals surface area contributed by atoms with Crippen LogP contribution in [0.4, 0.5) is 5.95 Å². The second-order valence-electron chi connectivity index (χ2n) is 6.16. The van der Waals surface area contributed by atoms with Crippen LogP contribution in [-0.4, -0.2) is 45.5 Å². The van der Waals surface area contributed by atoms with Crippen LogP contribution in [0, 0.1) is 0 Å². The SMILES string of the molecule is [2H]C([2H])([2H])OC[C@H](C)Nc1ncc2c(Br)cc(C3CCC(O)CC3)n2n1. The highest BCUT2D eigenvalue weighted by atomic mass is 79.9. The van der Waals surface area contributed by atoms with E-state index in [1.165, 1.54) is 0 Å². The lowest BCUT2D eigenvalue weighted by atomic mass is 9.85. The number of rotatable bonds is 5. The molecular weight excluding hydrogens is 360 g/mol. The smallest absolute Gasteiger partial charge is 0.241 e. The number of hydrogen-bond donors (Lipinski definition) is 2. The fraction of sp³-hybridized carbons (Fsp3) is 0.625. The Hall–Kier alpha value is -1.18. The van der Waals surface area contributed by atoms with Crippen LogP contribution >= 0.6 is 15.9 Å². The summed E-state index contributed by atoms with van der Waals surface area (Å²) in [6, 6.07) is 1.82. The zero-order chi connectivity index (χ0) is 18.9. The molecule has 0 aliphatic heterocycles. The van der Waals surface area contributed by atoms with Gasteiger partial charge in [0, 0.05) is 29.2 Å². The number of aliphatic hydroxyl groups is 1. The number of aromatic nitrogens is 3. The van der Waals surface area contributed by atoms with Crippen LogP contribution in [-0.2, 0) is 4.74 Å². The van der Waals surface area contributed by atoms with E-state index in [9.17, 15) is 5.11 Å². The molecule has 2 aromatic rings. The number of nitrogens with one attached hydrogen (secondary N) is 1. The molecule has 3 rings (SSSR count). The van der Waals surface area contributed by atoms with Gasteiger partial charge in [0.05, 0.1) is 28.5 Å². The number of hydrogen-bond acceptors (Lipinski definition) is 5. The molecule has 1 aliphatic rings. The van der Waals surface area contributed by atoms with Crippen LogP contribution in [0.3, 0.4) is 0 Å². The van der Waals surface area contributed by atoms with E-state index in [4.69, 9.17) is 8.85 Å². The minimum atomic E-state index is -2.41. The lowest BCUT2D eigenvalue weighted by Gasteiger charge is -2.25. The number of halogens is 1. The highest BCUT2D eigenvalue weighted by Crippen LogP contribution is 2.36. The van der Waals surface area contributed by atoms with Crippen LogP contribution in [0.5, 0.6) is 0 Å². The zero-order valence-corrected chi connectivity index (χ0v) is 14.6. The van der Waals surface area contributed by atoms with E-state index < -0.39 is 7.04 Å². The molecule has 0 spiro atoms. The van der Waals surface area contributed by atoms with Crippen LogP contribution in [0.25, 0.3) is 5.52 Å². The molecule has 126 valence electrons. The van der Waals surface area contributed by atoms with Crippen molar-refractivity contribution in [2.24, 2.45) is 0 Å². The molecule has 1 aliphatic carbocycles. The van der Waals surface area contributed by atoms with Gasteiger partial charge in [-0.15, -0.1) is 5.10 Å². The summed E-state index contributed by atoms with van der Waals surface area (Å²) in [5.74, 6) is 0.760. The van der Waals surface area contributed by atoms with Crippen molar-refractivity contribution in [3.05, 3.63) is 22.4 Å². The van der Waals surface area contributed by atoms with E-state index in [1.807, 2.05) is 11.4 Å². The van der Waals surface area contributed by atoms with Crippen LogP contribution in [0.15, 0.2) is 16.7 Å². The molecule has 23 heavy (non-hydrogen) atoms. The summed E-state index contributed by atoms with van der Waals surface area (Å²) in [5, 5.41) is 17.4. The lowest BCUT2D eigenvalue weighted by molar-refractivity contribution is 0.121. The Morgan fingerprint density at radius 3 is 3.04 bits per heavy atom. The summed E-state index contributed by atoms with van der Waals surface area (Å²) in [4.78, 5) is 4.31. The third-order valence-corrected chi connectivity index (χ3v) is 4.95. The first-order chi connectivity index (χ1) is 12.2. The minimum Gasteiger partial charge on any atom is -0.393 e. The summed E-state index contributed by atoms with van der Waals surface area (Å²) in [6.07, 6.45) is 4.99. The van der Waals surface area contributed by atoms with E-state index >= 15 is 0 Å². The maximum atomic E-state index is 9.74. The number of methoxy groups -OCH3 is 1. The molecule has 1 fully saturated rings. The van der Waals surface area contributed by atoms with Crippen molar-refractivity contribution in [1.82, 2.24) is 14.6 Å². The number of anilines is 1. The first-order valence-electron chi connectivity index (χ1n) is 9.35. The van der Waals surface area contributed by atoms with Crippen molar-refractivity contribution in [2.45, 2.75) is 50.7 Å². The van der Waals surface area contributed by atoms with Crippen molar-refractivity contribution in [2.75, 3.05) is 19.0 Å². The van der Waals surface area contributed by atoms with Crippen molar-refractivity contribution in [1.29, 1.82) is 0 Å². The van der Waals surface area contributed by atoms with E-state index in [-0.39, 0.29) is 18.8 Å². The summed E-state index contributed by atoms with van der Waals surface area (Å²) >= 11 is 3.57. The molecule has 2 aromatic heterocycles. The number of aliphatic hydroxyl groups excluding tert-OH is 1. The van der Waals surface area contributed by atoms with Gasteiger partial charge in [0.15, 0.2) is 0 Å². The number of nitrogens with zero attached hydrogens (tertiary/aromatic N) is 3. The molecule has 1 saturated carbocycles. The Bertz CT molecular complexity index is 760. The van der Waals surface area contributed by atoms with Gasteiger partial charge >= 0.3 is 0 Å².